The van der Waals surface area contributed by atoms with E-state index in [0.717, 1.165) is 32.4 Å². The lowest BCUT2D eigenvalue weighted by molar-refractivity contribution is -0.133. The molecule has 2 atom stereocenters. The number of hydrogen-bond donors (Lipinski definition) is 1. The van der Waals surface area contributed by atoms with E-state index < -0.39 is 0 Å². The number of aliphatic hydroxyl groups excluding tert-OH is 1. The van der Waals surface area contributed by atoms with Crippen molar-refractivity contribution < 1.29 is 9.90 Å². The molecular formula is C17H25NO2. The van der Waals surface area contributed by atoms with Gasteiger partial charge in [0.25, 0.3) is 0 Å². The Hall–Kier alpha value is -1.35. The van der Waals surface area contributed by atoms with Crippen LogP contribution in [0.4, 0.5) is 0 Å². The molecule has 1 aliphatic rings. The van der Waals surface area contributed by atoms with Crippen molar-refractivity contribution in [1.29, 1.82) is 0 Å². The highest BCUT2D eigenvalue weighted by atomic mass is 16.3. The van der Waals surface area contributed by atoms with Crippen molar-refractivity contribution in [2.75, 3.05) is 19.7 Å². The Labute approximate surface area is 121 Å². The van der Waals surface area contributed by atoms with Crippen molar-refractivity contribution in [1.82, 2.24) is 4.90 Å². The largest absolute Gasteiger partial charge is 0.396 e. The van der Waals surface area contributed by atoms with Crippen molar-refractivity contribution >= 4 is 5.91 Å². The van der Waals surface area contributed by atoms with Crippen LogP contribution in [-0.4, -0.2) is 35.6 Å². The van der Waals surface area contributed by atoms with Crippen molar-refractivity contribution in [2.24, 2.45) is 5.92 Å². The maximum atomic E-state index is 12.4. The number of rotatable bonds is 5. The number of carbonyl (C=O) groups is 1. The lowest BCUT2D eigenvalue weighted by Gasteiger charge is -2.33. The molecule has 1 amide bonds. The number of likely N-dealkylation sites (tertiary alicyclic amines) is 1. The first-order valence-electron chi connectivity index (χ1n) is 7.68. The minimum absolute atomic E-state index is 0.194. The molecule has 20 heavy (non-hydrogen) atoms. The van der Waals surface area contributed by atoms with Crippen LogP contribution in [0.5, 0.6) is 0 Å². The second-order valence-electron chi connectivity index (χ2n) is 5.75. The topological polar surface area (TPSA) is 40.5 Å². The van der Waals surface area contributed by atoms with Crippen molar-refractivity contribution in [3.8, 4) is 0 Å². The number of aliphatic hydroxyl groups is 1. The summed E-state index contributed by atoms with van der Waals surface area (Å²) in [5, 5.41) is 9.26. The lowest BCUT2D eigenvalue weighted by Crippen LogP contribution is -2.41. The van der Waals surface area contributed by atoms with Crippen LogP contribution >= 0.6 is 0 Å². The van der Waals surface area contributed by atoms with E-state index in [-0.39, 0.29) is 18.4 Å². The minimum Gasteiger partial charge on any atom is -0.396 e. The predicted molar refractivity (Wildman–Crippen MR) is 80.5 cm³/mol. The van der Waals surface area contributed by atoms with Crippen LogP contribution in [0.15, 0.2) is 30.3 Å². The molecule has 1 aromatic carbocycles. The minimum atomic E-state index is 0.194. The number of carbonyl (C=O) groups excluding carboxylic acids is 1. The Bertz CT molecular complexity index is 418. The normalized spacial score (nSPS) is 20.7. The van der Waals surface area contributed by atoms with Gasteiger partial charge in [-0.3, -0.25) is 4.79 Å². The molecule has 1 heterocycles. The van der Waals surface area contributed by atoms with E-state index in [1.807, 2.05) is 23.1 Å². The molecule has 1 saturated heterocycles. The first kappa shape index (κ1) is 15.0. The fourth-order valence-corrected chi connectivity index (χ4v) is 3.00. The van der Waals surface area contributed by atoms with Gasteiger partial charge in [-0.2, -0.15) is 0 Å². The number of amides is 1. The van der Waals surface area contributed by atoms with Crippen molar-refractivity contribution in [2.45, 2.75) is 38.5 Å². The molecule has 2 unspecified atom stereocenters. The molecule has 3 heteroatoms. The summed E-state index contributed by atoms with van der Waals surface area (Å²) in [5.41, 5.74) is 1.25. The first-order chi connectivity index (χ1) is 9.74. The molecule has 0 aromatic heterocycles. The van der Waals surface area contributed by atoms with E-state index in [9.17, 15) is 9.90 Å². The standard InChI is InChI=1S/C17H25NO2/c1-2-15(16-8-4-3-5-9-16)11-17(20)18-10-6-7-14(12-18)13-19/h3-5,8-9,14-15,19H,2,6-7,10-13H2,1H3. The average Bonchev–Trinajstić information content (AvgIpc) is 2.53. The van der Waals surface area contributed by atoms with Crippen LogP contribution in [-0.2, 0) is 4.79 Å². The van der Waals surface area contributed by atoms with Crippen molar-refractivity contribution in [3.63, 3.8) is 0 Å². The van der Waals surface area contributed by atoms with E-state index in [2.05, 4.69) is 19.1 Å². The van der Waals surface area contributed by atoms with Crippen LogP contribution in [0, 0.1) is 5.92 Å². The fourth-order valence-electron chi connectivity index (χ4n) is 3.00. The van der Waals surface area contributed by atoms with Crippen LogP contribution in [0.25, 0.3) is 0 Å². The Morgan fingerprint density at radius 1 is 1.40 bits per heavy atom. The average molecular weight is 275 g/mol. The van der Waals surface area contributed by atoms with Gasteiger partial charge in [0.2, 0.25) is 5.91 Å². The molecule has 0 aliphatic carbocycles. The van der Waals surface area contributed by atoms with Crippen LogP contribution in [0.3, 0.4) is 0 Å². The summed E-state index contributed by atoms with van der Waals surface area (Å²) in [6.45, 7) is 3.90. The Morgan fingerprint density at radius 2 is 2.15 bits per heavy atom. The molecule has 3 nitrogen and oxygen atoms in total. The monoisotopic (exact) mass is 275 g/mol. The number of hydrogen-bond acceptors (Lipinski definition) is 2. The fraction of sp³-hybridized carbons (Fsp3) is 0.588. The van der Waals surface area contributed by atoms with Gasteiger partial charge in [-0.1, -0.05) is 37.3 Å². The zero-order valence-electron chi connectivity index (χ0n) is 12.3. The van der Waals surface area contributed by atoms with Gasteiger partial charge in [-0.15, -0.1) is 0 Å². The maximum absolute atomic E-state index is 12.4. The smallest absolute Gasteiger partial charge is 0.223 e. The summed E-state index contributed by atoms with van der Waals surface area (Å²) in [5.74, 6) is 0.807. The molecule has 0 spiro atoms. The SMILES string of the molecule is CCC(CC(=O)N1CCCC(CO)C1)c1ccccc1. The number of piperidine rings is 1. The van der Waals surface area contributed by atoms with Crippen LogP contribution in [0.1, 0.15) is 44.1 Å². The second-order valence-corrected chi connectivity index (χ2v) is 5.75. The summed E-state index contributed by atoms with van der Waals surface area (Å²) in [4.78, 5) is 14.4. The predicted octanol–water partition coefficient (Wildman–Crippen LogP) is 2.80. The molecule has 1 N–H and O–H groups in total. The molecular weight excluding hydrogens is 250 g/mol. The molecule has 110 valence electrons. The Morgan fingerprint density at radius 3 is 2.80 bits per heavy atom. The number of benzene rings is 1. The molecule has 0 saturated carbocycles. The lowest BCUT2D eigenvalue weighted by atomic mass is 9.91. The molecule has 0 radical (unpaired) electrons. The molecule has 1 fully saturated rings. The summed E-state index contributed by atoms with van der Waals surface area (Å²) >= 11 is 0. The molecule has 1 aromatic rings. The summed E-state index contributed by atoms with van der Waals surface area (Å²) in [7, 11) is 0. The third kappa shape index (κ3) is 3.83. The van der Waals surface area contributed by atoms with Crippen LogP contribution < -0.4 is 0 Å². The van der Waals surface area contributed by atoms with E-state index >= 15 is 0 Å². The number of nitrogens with zero attached hydrogens (tertiary/aromatic N) is 1. The van der Waals surface area contributed by atoms with E-state index in [4.69, 9.17) is 0 Å². The molecule has 2 rings (SSSR count). The van der Waals surface area contributed by atoms with Gasteiger partial charge >= 0.3 is 0 Å². The Balaban J connectivity index is 1.95. The summed E-state index contributed by atoms with van der Waals surface area (Å²) in [6.07, 6.45) is 3.61. The highest BCUT2D eigenvalue weighted by Crippen LogP contribution is 2.25. The Kier molecular flexibility index (Phi) is 5.60. The maximum Gasteiger partial charge on any atom is 0.223 e. The van der Waals surface area contributed by atoms with Gasteiger partial charge in [0.05, 0.1) is 0 Å². The quantitative estimate of drug-likeness (QED) is 0.897. The van der Waals surface area contributed by atoms with Gasteiger partial charge in [-0.25, -0.2) is 0 Å². The van der Waals surface area contributed by atoms with Gasteiger partial charge in [0.15, 0.2) is 0 Å². The van der Waals surface area contributed by atoms with Crippen molar-refractivity contribution in [3.05, 3.63) is 35.9 Å². The van der Waals surface area contributed by atoms with E-state index in [1.165, 1.54) is 5.56 Å². The highest BCUT2D eigenvalue weighted by molar-refractivity contribution is 5.77. The van der Waals surface area contributed by atoms with Gasteiger partial charge < -0.3 is 10.0 Å². The third-order valence-corrected chi connectivity index (χ3v) is 4.31. The second kappa shape index (κ2) is 7.44. The van der Waals surface area contributed by atoms with Gasteiger partial charge in [0, 0.05) is 26.1 Å². The summed E-state index contributed by atoms with van der Waals surface area (Å²) in [6, 6.07) is 10.3. The van der Waals surface area contributed by atoms with E-state index in [1.54, 1.807) is 0 Å². The van der Waals surface area contributed by atoms with Gasteiger partial charge in [0.1, 0.15) is 0 Å². The zero-order chi connectivity index (χ0) is 14.4. The highest BCUT2D eigenvalue weighted by Gasteiger charge is 2.25. The zero-order valence-corrected chi connectivity index (χ0v) is 12.3. The molecule has 1 aliphatic heterocycles. The molecule has 0 bridgehead atoms. The van der Waals surface area contributed by atoms with Gasteiger partial charge in [-0.05, 0) is 36.7 Å². The van der Waals surface area contributed by atoms with Crippen LogP contribution in [0.2, 0.25) is 0 Å². The van der Waals surface area contributed by atoms with E-state index in [0.29, 0.717) is 12.3 Å². The summed E-state index contributed by atoms with van der Waals surface area (Å²) < 4.78 is 0. The first-order valence-corrected chi connectivity index (χ1v) is 7.68. The third-order valence-electron chi connectivity index (χ3n) is 4.31.